The number of fused-ring (bicyclic) bond motifs is 3. The second kappa shape index (κ2) is 6.35. The Hall–Kier alpha value is -2.93. The van der Waals surface area contributed by atoms with E-state index < -0.39 is 17.3 Å². The third-order valence-electron chi connectivity index (χ3n) is 4.71. The number of hydrogen-bond donors (Lipinski definition) is 0. The zero-order valence-electron chi connectivity index (χ0n) is 13.7. The van der Waals surface area contributed by atoms with Crippen molar-refractivity contribution < 1.29 is 28.9 Å². The van der Waals surface area contributed by atoms with Gasteiger partial charge in [0.25, 0.3) is 0 Å². The van der Waals surface area contributed by atoms with E-state index in [0.717, 1.165) is 39.2 Å². The van der Waals surface area contributed by atoms with Crippen molar-refractivity contribution in [1.29, 1.82) is 0 Å². The van der Waals surface area contributed by atoms with Crippen molar-refractivity contribution in [2.24, 2.45) is 0 Å². The third-order valence-corrected chi connectivity index (χ3v) is 4.71. The topological polar surface area (TPSA) is 17.2 Å². The fraction of sp³-hybridized carbons (Fsp3) is 0. The Morgan fingerprint density at radius 1 is 0.926 bits per heavy atom. The van der Waals surface area contributed by atoms with E-state index in [-0.39, 0.29) is 25.7 Å². The van der Waals surface area contributed by atoms with Gasteiger partial charge in [0.15, 0.2) is 5.69 Å². The predicted octanol–water partition coefficient (Wildman–Crippen LogP) is 6.18. The van der Waals surface area contributed by atoms with Crippen LogP contribution in [0.15, 0.2) is 54.6 Å². The first kappa shape index (κ1) is 17.5. The van der Waals surface area contributed by atoms with Crippen molar-refractivity contribution in [3.63, 3.8) is 0 Å². The van der Waals surface area contributed by atoms with Crippen LogP contribution in [0.25, 0.3) is 49.3 Å². The summed E-state index contributed by atoms with van der Waals surface area (Å²) in [6.07, 6.45) is 0. The summed E-state index contributed by atoms with van der Waals surface area (Å²) >= 11 is 0. The third kappa shape index (κ3) is 2.42. The van der Waals surface area contributed by atoms with E-state index in [0.29, 0.717) is 5.69 Å². The number of rotatable bonds is 1. The van der Waals surface area contributed by atoms with Gasteiger partial charge >= 0.3 is 0 Å². The van der Waals surface area contributed by atoms with Crippen LogP contribution in [-0.4, -0.2) is 4.98 Å². The van der Waals surface area contributed by atoms with Crippen molar-refractivity contribution in [2.75, 3.05) is 0 Å². The largest absolute Gasteiger partial charge is 0.296 e. The van der Waals surface area contributed by atoms with Gasteiger partial charge in [-0.25, -0.2) is 0 Å². The number of hydrogen-bond acceptors (Lipinski definition) is 1. The molecule has 3 aromatic carbocycles. The molecule has 0 aliphatic heterocycles. The normalized spacial score (nSPS) is 11.0. The molecular formula is C22H9F2IrN2-. The molecule has 0 spiro atoms. The number of aromatic nitrogens is 1. The van der Waals surface area contributed by atoms with Gasteiger partial charge in [-0.05, 0) is 34.0 Å². The van der Waals surface area contributed by atoms with Crippen LogP contribution >= 0.6 is 0 Å². The van der Waals surface area contributed by atoms with Gasteiger partial charge in [0, 0.05) is 37.1 Å². The smallest absolute Gasteiger partial charge is 0.176 e. The van der Waals surface area contributed by atoms with Gasteiger partial charge in [0.1, 0.15) is 0 Å². The van der Waals surface area contributed by atoms with Crippen molar-refractivity contribution in [2.45, 2.75) is 0 Å². The molecule has 1 aliphatic carbocycles. The van der Waals surface area contributed by atoms with E-state index in [1.165, 1.54) is 0 Å². The SMILES string of the molecule is [C-]#[N+]c1c(F)c[c-]c(-c2cc3c4c(cccc4n2)-c2ccccc2-3)c1F.[Ir]. The molecule has 5 heteroatoms. The molecular weight excluding hydrogens is 522 g/mol. The molecule has 1 aromatic heterocycles. The van der Waals surface area contributed by atoms with Gasteiger partial charge in [-0.1, -0.05) is 42.5 Å². The number of pyridine rings is 1. The fourth-order valence-electron chi connectivity index (χ4n) is 3.58. The van der Waals surface area contributed by atoms with Crippen LogP contribution in [-0.2, 0) is 20.1 Å². The Bertz CT molecular complexity index is 1280. The van der Waals surface area contributed by atoms with Crippen LogP contribution in [0.5, 0.6) is 0 Å². The van der Waals surface area contributed by atoms with E-state index in [1.54, 1.807) is 6.07 Å². The van der Waals surface area contributed by atoms with Gasteiger partial charge in [0.05, 0.1) is 12.1 Å². The van der Waals surface area contributed by atoms with Crippen molar-refractivity contribution in [1.82, 2.24) is 4.98 Å². The van der Waals surface area contributed by atoms with E-state index in [4.69, 9.17) is 6.57 Å². The van der Waals surface area contributed by atoms with E-state index in [1.807, 2.05) is 42.5 Å². The molecule has 1 aliphatic rings. The van der Waals surface area contributed by atoms with Crippen LogP contribution in [0, 0.1) is 24.3 Å². The summed E-state index contributed by atoms with van der Waals surface area (Å²) in [5.74, 6) is -1.85. The monoisotopic (exact) mass is 532 g/mol. The Labute approximate surface area is 167 Å². The Morgan fingerprint density at radius 2 is 1.63 bits per heavy atom. The summed E-state index contributed by atoms with van der Waals surface area (Å²) < 4.78 is 28.3. The summed E-state index contributed by atoms with van der Waals surface area (Å²) in [6, 6.07) is 19.2. The van der Waals surface area contributed by atoms with Crippen molar-refractivity contribution in [3.8, 4) is 33.5 Å². The van der Waals surface area contributed by atoms with Crippen LogP contribution in [0.3, 0.4) is 0 Å². The number of halogens is 2. The maximum Gasteiger partial charge on any atom is 0.176 e. The van der Waals surface area contributed by atoms with Gasteiger partial charge in [-0.2, -0.15) is 0 Å². The van der Waals surface area contributed by atoms with E-state index in [9.17, 15) is 8.78 Å². The maximum absolute atomic E-state index is 14.6. The van der Waals surface area contributed by atoms with Crippen LogP contribution < -0.4 is 0 Å². The number of benzene rings is 3. The molecule has 0 saturated carbocycles. The summed E-state index contributed by atoms with van der Waals surface area (Å²) in [4.78, 5) is 7.52. The fourth-order valence-corrected chi connectivity index (χ4v) is 3.58. The summed E-state index contributed by atoms with van der Waals surface area (Å²) in [5.41, 5.74) is 4.65. The quantitative estimate of drug-likeness (QED) is 0.236. The summed E-state index contributed by atoms with van der Waals surface area (Å²) in [5, 5.41) is 1.02. The minimum absolute atomic E-state index is 0. The van der Waals surface area contributed by atoms with E-state index in [2.05, 4.69) is 15.9 Å². The molecule has 4 aromatic rings. The molecule has 0 amide bonds. The van der Waals surface area contributed by atoms with Crippen molar-refractivity contribution in [3.05, 3.63) is 83.7 Å². The molecule has 0 bridgehead atoms. The molecule has 0 saturated heterocycles. The minimum Gasteiger partial charge on any atom is -0.296 e. The maximum atomic E-state index is 14.6. The summed E-state index contributed by atoms with van der Waals surface area (Å²) in [7, 11) is 0. The molecule has 1 radical (unpaired) electrons. The van der Waals surface area contributed by atoms with Crippen molar-refractivity contribution >= 4 is 16.6 Å². The van der Waals surface area contributed by atoms with Crippen LogP contribution in [0.4, 0.5) is 14.5 Å². The molecule has 0 unspecified atom stereocenters. The molecule has 1 heterocycles. The first-order valence-electron chi connectivity index (χ1n) is 8.00. The number of nitrogens with zero attached hydrogens (tertiary/aromatic N) is 2. The predicted molar refractivity (Wildman–Crippen MR) is 96.6 cm³/mol. The summed E-state index contributed by atoms with van der Waals surface area (Å²) in [6.45, 7) is 7.01. The average molecular weight is 532 g/mol. The molecule has 0 fully saturated rings. The zero-order valence-corrected chi connectivity index (χ0v) is 16.1. The van der Waals surface area contributed by atoms with Crippen LogP contribution in [0.1, 0.15) is 0 Å². The van der Waals surface area contributed by atoms with Gasteiger partial charge in [-0.15, -0.1) is 17.7 Å². The second-order valence-electron chi connectivity index (χ2n) is 6.09. The molecule has 2 nitrogen and oxygen atoms in total. The first-order chi connectivity index (χ1) is 12.7. The average Bonchev–Trinajstić information content (AvgIpc) is 2.98. The molecule has 27 heavy (non-hydrogen) atoms. The van der Waals surface area contributed by atoms with Crippen LogP contribution in [0.2, 0.25) is 0 Å². The minimum atomic E-state index is -0.929. The van der Waals surface area contributed by atoms with Gasteiger partial charge in [0.2, 0.25) is 0 Å². The van der Waals surface area contributed by atoms with Gasteiger partial charge in [-0.3, -0.25) is 18.6 Å². The second-order valence-corrected chi connectivity index (χ2v) is 6.09. The molecule has 5 rings (SSSR count). The van der Waals surface area contributed by atoms with Gasteiger partial charge < -0.3 is 0 Å². The standard InChI is InChI=1S/C22H9F2N2.Ir/c1-25-22-17(23)10-9-15(21(22)24)19-11-16-13-6-3-2-5-12(13)14-7-4-8-18(26-19)20(14)16;/h2-8,10-11H;/q-1;. The molecule has 0 atom stereocenters. The first-order valence-corrected chi connectivity index (χ1v) is 8.00. The Morgan fingerprint density at radius 3 is 2.37 bits per heavy atom. The molecule has 131 valence electrons. The Kier molecular flexibility index (Phi) is 4.11. The van der Waals surface area contributed by atoms with E-state index >= 15 is 0 Å². The Balaban J connectivity index is 0.00000180. The zero-order chi connectivity index (χ0) is 17.8. The molecule has 0 N–H and O–H groups in total.